The number of hydrazine groups is 2. The smallest absolute Gasteiger partial charge is 0.250 e. The summed E-state index contributed by atoms with van der Waals surface area (Å²) in [7, 11) is 0. The Labute approximate surface area is 190 Å². The van der Waals surface area contributed by atoms with E-state index in [2.05, 4.69) is 0 Å². The zero-order valence-electron chi connectivity index (χ0n) is 18.7. The van der Waals surface area contributed by atoms with E-state index in [9.17, 15) is 28.8 Å². The first-order valence-corrected chi connectivity index (χ1v) is 9.83. The number of nitrogens with two attached hydrogens (primary N) is 2. The van der Waals surface area contributed by atoms with Crippen LogP contribution in [0.15, 0.2) is 36.4 Å². The third kappa shape index (κ3) is 5.25. The maximum Gasteiger partial charge on any atom is 0.250 e. The van der Waals surface area contributed by atoms with Gasteiger partial charge in [-0.3, -0.25) is 28.8 Å². The summed E-state index contributed by atoms with van der Waals surface area (Å²) in [5.74, 6) is 8.18. The Morgan fingerprint density at radius 3 is 1.21 bits per heavy atom. The molecule has 10 nitrogen and oxygen atoms in total. The number of benzene rings is 2. The number of anilines is 2. The lowest BCUT2D eigenvalue weighted by atomic mass is 9.98. The maximum absolute atomic E-state index is 12.7. The minimum absolute atomic E-state index is 0.0421. The zero-order valence-corrected chi connectivity index (χ0v) is 18.7. The molecule has 0 fully saturated rings. The van der Waals surface area contributed by atoms with Crippen LogP contribution in [0.1, 0.15) is 75.5 Å². The van der Waals surface area contributed by atoms with E-state index in [1.807, 2.05) is 0 Å². The van der Waals surface area contributed by atoms with Crippen LogP contribution in [0.2, 0.25) is 0 Å². The molecule has 10 heteroatoms. The highest BCUT2D eigenvalue weighted by Gasteiger charge is 2.27. The lowest BCUT2D eigenvalue weighted by molar-refractivity contribution is -0.126. The summed E-state index contributed by atoms with van der Waals surface area (Å²) in [5, 5.41) is 1.21. The second-order valence-corrected chi connectivity index (χ2v) is 7.33. The third-order valence-electron chi connectivity index (χ3n) is 4.91. The Bertz CT molecular complexity index is 1100. The summed E-state index contributed by atoms with van der Waals surface area (Å²) >= 11 is 0. The molecule has 0 aliphatic rings. The Morgan fingerprint density at radius 2 is 0.939 bits per heavy atom. The highest BCUT2D eigenvalue weighted by atomic mass is 16.2. The Morgan fingerprint density at radius 1 is 0.606 bits per heavy atom. The second-order valence-electron chi connectivity index (χ2n) is 7.33. The van der Waals surface area contributed by atoms with Crippen LogP contribution in [0.4, 0.5) is 11.4 Å². The van der Waals surface area contributed by atoms with Crippen molar-refractivity contribution in [2.75, 3.05) is 10.0 Å². The van der Waals surface area contributed by atoms with E-state index >= 15 is 0 Å². The van der Waals surface area contributed by atoms with Crippen molar-refractivity contribution in [3.05, 3.63) is 58.7 Å². The minimum atomic E-state index is -0.911. The molecule has 2 aromatic rings. The van der Waals surface area contributed by atoms with E-state index in [4.69, 9.17) is 11.7 Å². The molecule has 0 bridgehead atoms. The van der Waals surface area contributed by atoms with Gasteiger partial charge in [0.25, 0.3) is 11.8 Å². The molecule has 2 rings (SSSR count). The molecule has 0 radical (unpaired) electrons. The lowest BCUT2D eigenvalue weighted by Gasteiger charge is -2.23. The van der Waals surface area contributed by atoms with Crippen molar-refractivity contribution in [3.8, 4) is 0 Å². The van der Waals surface area contributed by atoms with Crippen LogP contribution in [0.25, 0.3) is 0 Å². The van der Waals surface area contributed by atoms with Crippen LogP contribution in [0, 0.1) is 0 Å². The van der Waals surface area contributed by atoms with Gasteiger partial charge >= 0.3 is 0 Å². The van der Waals surface area contributed by atoms with Gasteiger partial charge < -0.3 is 0 Å². The standard InChI is InChI=1S/C23H24N4O6/c1-12(28)16-7-5-9-18(22(16)14(3)30)26(24)20(32)11-21(33)27(25)19-10-6-8-17(13(2)29)23(19)15(4)31/h5-10H,11,24-25H2,1-4H3. The largest absolute Gasteiger partial charge is 0.294 e. The number of amides is 2. The first-order chi connectivity index (χ1) is 15.4. The molecule has 0 atom stereocenters. The number of carbonyl (C=O) groups is 6. The van der Waals surface area contributed by atoms with Crippen LogP contribution < -0.4 is 21.7 Å². The van der Waals surface area contributed by atoms with Crippen LogP contribution in [-0.4, -0.2) is 34.9 Å². The van der Waals surface area contributed by atoms with Gasteiger partial charge in [-0.2, -0.15) is 0 Å². The van der Waals surface area contributed by atoms with Crippen molar-refractivity contribution in [1.29, 1.82) is 0 Å². The van der Waals surface area contributed by atoms with Gasteiger partial charge in [0.15, 0.2) is 23.1 Å². The van der Waals surface area contributed by atoms with Crippen molar-refractivity contribution in [1.82, 2.24) is 0 Å². The van der Waals surface area contributed by atoms with Crippen molar-refractivity contribution < 1.29 is 28.8 Å². The number of ketones is 4. The lowest BCUT2D eigenvalue weighted by Crippen LogP contribution is -2.45. The van der Waals surface area contributed by atoms with Gasteiger partial charge in [-0.15, -0.1) is 0 Å². The third-order valence-corrected chi connectivity index (χ3v) is 4.91. The first-order valence-electron chi connectivity index (χ1n) is 9.83. The van der Waals surface area contributed by atoms with Gasteiger partial charge in [-0.05, 0) is 39.8 Å². The molecular weight excluding hydrogens is 428 g/mol. The summed E-state index contributed by atoms with van der Waals surface area (Å²) in [6.07, 6.45) is -0.809. The fraction of sp³-hybridized carbons (Fsp3) is 0.217. The van der Waals surface area contributed by atoms with Crippen molar-refractivity contribution >= 4 is 46.3 Å². The van der Waals surface area contributed by atoms with E-state index in [0.717, 1.165) is 0 Å². The summed E-state index contributed by atoms with van der Waals surface area (Å²) in [6.45, 7) is 4.99. The van der Waals surface area contributed by atoms with E-state index in [1.54, 1.807) is 0 Å². The van der Waals surface area contributed by atoms with E-state index in [-0.39, 0.29) is 33.6 Å². The normalized spacial score (nSPS) is 10.4. The highest BCUT2D eigenvalue weighted by molar-refractivity contribution is 6.17. The van der Waals surface area contributed by atoms with Crippen molar-refractivity contribution in [2.45, 2.75) is 34.1 Å². The fourth-order valence-electron chi connectivity index (χ4n) is 3.38. The molecule has 172 valence electrons. The Hall–Kier alpha value is -4.02. The maximum atomic E-state index is 12.7. The zero-order chi connectivity index (χ0) is 25.0. The summed E-state index contributed by atoms with van der Waals surface area (Å²) < 4.78 is 0. The molecule has 0 aromatic heterocycles. The second kappa shape index (κ2) is 10.1. The molecule has 33 heavy (non-hydrogen) atoms. The van der Waals surface area contributed by atoms with Crippen molar-refractivity contribution in [2.24, 2.45) is 11.7 Å². The predicted molar refractivity (Wildman–Crippen MR) is 121 cm³/mol. The Kier molecular flexibility index (Phi) is 7.70. The average molecular weight is 452 g/mol. The molecule has 0 saturated heterocycles. The molecule has 0 heterocycles. The number of hydrogen-bond donors (Lipinski definition) is 2. The summed E-state index contributed by atoms with van der Waals surface area (Å²) in [4.78, 5) is 73.4. The molecule has 2 amide bonds. The van der Waals surface area contributed by atoms with E-state index < -0.39 is 41.4 Å². The summed E-state index contributed by atoms with van der Waals surface area (Å²) in [5.41, 5.74) is -0.0136. The van der Waals surface area contributed by atoms with Gasteiger partial charge in [0.05, 0.1) is 22.5 Å². The molecule has 0 aliphatic heterocycles. The predicted octanol–water partition coefficient (Wildman–Crippen LogP) is 2.00. The van der Waals surface area contributed by atoms with Crippen LogP contribution in [-0.2, 0) is 9.59 Å². The van der Waals surface area contributed by atoms with Crippen LogP contribution in [0.5, 0.6) is 0 Å². The number of nitrogens with zero attached hydrogens (tertiary/aromatic N) is 2. The van der Waals surface area contributed by atoms with E-state index in [0.29, 0.717) is 10.0 Å². The van der Waals surface area contributed by atoms with Crippen molar-refractivity contribution in [3.63, 3.8) is 0 Å². The SMILES string of the molecule is CC(=O)c1cccc(N(N)C(=O)CC(=O)N(N)c2cccc(C(C)=O)c2C(C)=O)c1C(C)=O. The Balaban J connectivity index is 2.37. The van der Waals surface area contributed by atoms with Gasteiger partial charge in [0.1, 0.15) is 6.42 Å². The van der Waals surface area contributed by atoms with E-state index in [1.165, 1.54) is 64.1 Å². The quantitative estimate of drug-likeness (QED) is 0.202. The number of rotatable bonds is 8. The first kappa shape index (κ1) is 25.2. The molecule has 2 aromatic carbocycles. The molecule has 0 aliphatic carbocycles. The average Bonchev–Trinajstić information content (AvgIpc) is 2.76. The topological polar surface area (TPSA) is 161 Å². The highest BCUT2D eigenvalue weighted by Crippen LogP contribution is 2.26. The molecule has 0 unspecified atom stereocenters. The number of carbonyl (C=O) groups excluding carboxylic acids is 6. The van der Waals surface area contributed by atoms with Gasteiger partial charge in [-0.1, -0.05) is 24.3 Å². The van der Waals surface area contributed by atoms with Crippen LogP contribution in [0.3, 0.4) is 0 Å². The molecule has 4 N–H and O–H groups in total. The fourth-order valence-corrected chi connectivity index (χ4v) is 3.38. The number of hydrogen-bond acceptors (Lipinski definition) is 8. The van der Waals surface area contributed by atoms with Gasteiger partial charge in [0.2, 0.25) is 0 Å². The molecule has 0 saturated carbocycles. The minimum Gasteiger partial charge on any atom is -0.294 e. The molecular formula is C23H24N4O6. The van der Waals surface area contributed by atoms with Gasteiger partial charge in [-0.25, -0.2) is 21.7 Å². The van der Waals surface area contributed by atoms with Crippen LogP contribution >= 0.6 is 0 Å². The van der Waals surface area contributed by atoms with Gasteiger partial charge in [0, 0.05) is 11.1 Å². The molecule has 0 spiro atoms. The number of Topliss-reactive ketones (excluding diaryl/α,β-unsaturated/α-hetero) is 4. The summed E-state index contributed by atoms with van der Waals surface area (Å²) in [6, 6.07) is 8.51. The monoisotopic (exact) mass is 452 g/mol.